The number of hydrogen-bond acceptors (Lipinski definition) is 3. The van der Waals surface area contributed by atoms with Crippen LogP contribution in [0.3, 0.4) is 0 Å². The van der Waals surface area contributed by atoms with E-state index in [9.17, 15) is 9.90 Å². The molecule has 152 valence electrons. The molecular weight excluding hydrogens is 336 g/mol. The Bertz CT molecular complexity index is 625. The van der Waals surface area contributed by atoms with Crippen molar-refractivity contribution >= 4 is 5.97 Å². The number of aliphatic hydroxyl groups excluding tert-OH is 1. The second-order valence-corrected chi connectivity index (χ2v) is 10.6. The van der Waals surface area contributed by atoms with Gasteiger partial charge in [-0.3, -0.25) is 4.79 Å². The van der Waals surface area contributed by atoms with Crippen LogP contribution in [-0.2, 0) is 9.53 Å². The summed E-state index contributed by atoms with van der Waals surface area (Å²) in [4.78, 5) is 11.4. The van der Waals surface area contributed by atoms with Gasteiger partial charge < -0.3 is 9.84 Å². The van der Waals surface area contributed by atoms with E-state index in [1.165, 1.54) is 39.0 Å². The lowest BCUT2D eigenvalue weighted by Crippen LogP contribution is -2.51. The average molecular weight is 375 g/mol. The number of hydrogen-bond donors (Lipinski definition) is 1. The van der Waals surface area contributed by atoms with Crippen LogP contribution >= 0.6 is 0 Å². The fraction of sp³-hybridized carbons (Fsp3) is 0.875. The number of ether oxygens (including phenoxy) is 1. The number of carbonyl (C=O) groups is 1. The van der Waals surface area contributed by atoms with Gasteiger partial charge >= 0.3 is 5.97 Å². The Hall–Kier alpha value is -0.830. The molecule has 0 aromatic rings. The summed E-state index contributed by atoms with van der Waals surface area (Å²) in [7, 11) is 0. The minimum Gasteiger partial charge on any atom is -0.462 e. The maximum atomic E-state index is 11.4. The molecule has 3 nitrogen and oxygen atoms in total. The first-order chi connectivity index (χ1) is 12.8. The van der Waals surface area contributed by atoms with Crippen LogP contribution in [0.2, 0.25) is 0 Å². The van der Waals surface area contributed by atoms with Gasteiger partial charge in [0.25, 0.3) is 0 Å². The highest BCUT2D eigenvalue weighted by atomic mass is 16.5. The smallest absolute Gasteiger partial charge is 0.302 e. The molecule has 0 aromatic carbocycles. The predicted molar refractivity (Wildman–Crippen MR) is 107 cm³/mol. The normalized spacial score (nSPS) is 47.3. The number of carbonyl (C=O) groups excluding carboxylic acids is 1. The zero-order valence-electron chi connectivity index (χ0n) is 17.7. The van der Waals surface area contributed by atoms with E-state index in [1.54, 1.807) is 5.57 Å². The van der Waals surface area contributed by atoms with Crippen molar-refractivity contribution in [3.63, 3.8) is 0 Å². The fourth-order valence-corrected chi connectivity index (χ4v) is 8.07. The Morgan fingerprint density at radius 2 is 2.00 bits per heavy atom. The van der Waals surface area contributed by atoms with Gasteiger partial charge in [0, 0.05) is 20.0 Å². The third kappa shape index (κ3) is 2.99. The van der Waals surface area contributed by atoms with E-state index in [-0.39, 0.29) is 12.1 Å². The summed E-state index contributed by atoms with van der Waals surface area (Å²) in [5, 5.41) is 9.77. The van der Waals surface area contributed by atoms with E-state index < -0.39 is 0 Å². The van der Waals surface area contributed by atoms with Crippen LogP contribution in [0, 0.1) is 40.4 Å². The molecule has 4 aliphatic carbocycles. The minimum absolute atomic E-state index is 0.0912. The van der Waals surface area contributed by atoms with Gasteiger partial charge in [0.05, 0.1) is 0 Å². The van der Waals surface area contributed by atoms with Gasteiger partial charge in [0.1, 0.15) is 6.10 Å². The molecule has 0 aliphatic heterocycles. The van der Waals surface area contributed by atoms with Crippen molar-refractivity contribution < 1.29 is 14.6 Å². The second kappa shape index (κ2) is 6.90. The van der Waals surface area contributed by atoms with E-state index >= 15 is 0 Å². The third-order valence-electron chi connectivity index (χ3n) is 9.44. The first kappa shape index (κ1) is 19.5. The minimum atomic E-state index is -0.138. The van der Waals surface area contributed by atoms with Crippen molar-refractivity contribution in [2.75, 3.05) is 6.61 Å². The Morgan fingerprint density at radius 1 is 1.22 bits per heavy atom. The molecule has 27 heavy (non-hydrogen) atoms. The van der Waals surface area contributed by atoms with Gasteiger partial charge in [-0.25, -0.2) is 0 Å². The molecule has 4 aliphatic rings. The number of fused-ring (bicyclic) bond motifs is 5. The van der Waals surface area contributed by atoms with Gasteiger partial charge in [-0.2, -0.15) is 0 Å². The Kier molecular flexibility index (Phi) is 4.98. The van der Waals surface area contributed by atoms with Crippen LogP contribution in [0.4, 0.5) is 0 Å². The number of rotatable bonds is 3. The van der Waals surface area contributed by atoms with Gasteiger partial charge in [0.15, 0.2) is 0 Å². The van der Waals surface area contributed by atoms with Crippen LogP contribution in [0.15, 0.2) is 11.6 Å². The van der Waals surface area contributed by atoms with Crippen LogP contribution < -0.4 is 0 Å². The second-order valence-electron chi connectivity index (χ2n) is 10.6. The zero-order chi connectivity index (χ0) is 19.4. The van der Waals surface area contributed by atoms with Gasteiger partial charge in [-0.15, -0.1) is 0 Å². The van der Waals surface area contributed by atoms with Crippen LogP contribution in [-0.4, -0.2) is 23.8 Å². The third-order valence-corrected chi connectivity index (χ3v) is 9.44. The fourth-order valence-electron chi connectivity index (χ4n) is 8.07. The number of esters is 1. The lowest BCUT2D eigenvalue weighted by Gasteiger charge is -2.58. The molecule has 0 radical (unpaired) electrons. The van der Waals surface area contributed by atoms with E-state index in [0.717, 1.165) is 37.0 Å². The molecule has 0 spiro atoms. The Balaban J connectivity index is 1.56. The van der Waals surface area contributed by atoms with Crippen molar-refractivity contribution in [3.05, 3.63) is 11.6 Å². The summed E-state index contributed by atoms with van der Waals surface area (Å²) in [6.07, 6.45) is 12.3. The monoisotopic (exact) mass is 374 g/mol. The zero-order valence-corrected chi connectivity index (χ0v) is 17.7. The SMILES string of the molecule is CC(=O)OC1CC[C@@]2(C)C(=CC[C@H]3[C@@H]4CC[C@H](C(C)CO)[C@@]4(C)CC[C@@H]32)C1. The molecule has 3 saturated carbocycles. The summed E-state index contributed by atoms with van der Waals surface area (Å²) < 4.78 is 5.56. The predicted octanol–water partition coefficient (Wildman–Crippen LogP) is 5.13. The molecule has 3 heteroatoms. The molecule has 0 heterocycles. The van der Waals surface area contributed by atoms with Crippen molar-refractivity contribution in [2.24, 2.45) is 40.4 Å². The lowest BCUT2D eigenvalue weighted by atomic mass is 9.47. The van der Waals surface area contributed by atoms with Gasteiger partial charge in [-0.1, -0.05) is 32.4 Å². The van der Waals surface area contributed by atoms with Crippen molar-refractivity contribution in [3.8, 4) is 0 Å². The summed E-state index contributed by atoms with van der Waals surface area (Å²) in [6.45, 7) is 9.16. The molecule has 2 unspecified atom stereocenters. The standard InChI is InChI=1S/C24H38O3/c1-15(14-25)20-7-8-21-19-6-5-17-13-18(27-16(2)26)9-11-23(17,3)22(19)10-12-24(20,21)4/h5,15,18-22,25H,6-14H2,1-4H3/t15?,18?,19-,20+,21-,22-,23-,24+/m0/s1. The molecule has 0 aromatic heterocycles. The van der Waals surface area contributed by atoms with E-state index in [2.05, 4.69) is 26.8 Å². The molecule has 0 bridgehead atoms. The highest BCUT2D eigenvalue weighted by molar-refractivity contribution is 5.66. The topological polar surface area (TPSA) is 46.5 Å². The van der Waals surface area contributed by atoms with E-state index in [0.29, 0.717) is 29.3 Å². The van der Waals surface area contributed by atoms with Crippen LogP contribution in [0.1, 0.15) is 79.1 Å². The molecule has 4 rings (SSSR count). The van der Waals surface area contributed by atoms with Crippen molar-refractivity contribution in [1.29, 1.82) is 0 Å². The molecule has 0 amide bonds. The van der Waals surface area contributed by atoms with Crippen LogP contribution in [0.25, 0.3) is 0 Å². The summed E-state index contributed by atoms with van der Waals surface area (Å²) >= 11 is 0. The van der Waals surface area contributed by atoms with Crippen molar-refractivity contribution in [2.45, 2.75) is 85.2 Å². The van der Waals surface area contributed by atoms with E-state index in [4.69, 9.17) is 4.74 Å². The number of allylic oxidation sites excluding steroid dienone is 1. The highest BCUT2D eigenvalue weighted by Crippen LogP contribution is 2.67. The highest BCUT2D eigenvalue weighted by Gasteiger charge is 2.59. The summed E-state index contributed by atoms with van der Waals surface area (Å²) in [5.41, 5.74) is 2.30. The first-order valence-electron chi connectivity index (χ1n) is 11.3. The molecule has 1 N–H and O–H groups in total. The van der Waals surface area contributed by atoms with E-state index in [1.807, 2.05) is 0 Å². The van der Waals surface area contributed by atoms with Gasteiger partial charge in [0.2, 0.25) is 0 Å². The van der Waals surface area contributed by atoms with Crippen LogP contribution in [0.5, 0.6) is 0 Å². The largest absolute Gasteiger partial charge is 0.462 e. The first-order valence-corrected chi connectivity index (χ1v) is 11.3. The Labute approximate surface area is 164 Å². The average Bonchev–Trinajstić information content (AvgIpc) is 2.98. The quantitative estimate of drug-likeness (QED) is 0.550. The molecular formula is C24H38O3. The van der Waals surface area contributed by atoms with Crippen molar-refractivity contribution in [1.82, 2.24) is 0 Å². The molecule has 8 atom stereocenters. The maximum Gasteiger partial charge on any atom is 0.302 e. The lowest BCUT2D eigenvalue weighted by molar-refractivity contribution is -0.148. The Morgan fingerprint density at radius 3 is 2.70 bits per heavy atom. The molecule has 0 saturated heterocycles. The number of aliphatic hydroxyl groups is 1. The summed E-state index contributed by atoms with van der Waals surface area (Å²) in [5.74, 6) is 3.39. The summed E-state index contributed by atoms with van der Waals surface area (Å²) in [6, 6.07) is 0. The maximum absolute atomic E-state index is 11.4. The molecule has 3 fully saturated rings. The van der Waals surface area contributed by atoms with Gasteiger partial charge in [-0.05, 0) is 85.4 Å².